The van der Waals surface area contributed by atoms with Crippen molar-refractivity contribution < 1.29 is 54.7 Å². The fourth-order valence-electron chi connectivity index (χ4n) is 4.21. The van der Waals surface area contributed by atoms with Crippen LogP contribution in [0, 0.1) is 6.92 Å². The van der Waals surface area contributed by atoms with E-state index >= 15 is 0 Å². The Morgan fingerprint density at radius 3 is 2.41 bits per heavy atom. The van der Waals surface area contributed by atoms with Gasteiger partial charge in [0, 0.05) is 23.6 Å². The molecule has 1 fully saturated rings. The first-order valence-corrected chi connectivity index (χ1v) is 10.7. The van der Waals surface area contributed by atoms with Crippen molar-refractivity contribution in [3.8, 4) is 28.7 Å². The van der Waals surface area contributed by atoms with Crippen molar-refractivity contribution in [2.24, 2.45) is 0 Å². The summed E-state index contributed by atoms with van der Waals surface area (Å²) in [7, 11) is 1.40. The Kier molecular flexibility index (Phi) is 6.76. The molecule has 2 aromatic rings. The number of phenols is 2. The van der Waals surface area contributed by atoms with Gasteiger partial charge in [0.1, 0.15) is 47.8 Å². The normalized spacial score (nSPS) is 30.9. The SMILES string of the molecule is COc1cc([C@@H]2Oc3cc(O)c(C)c(O[C@@H]4O[C@H](CO)[C@@H](O)[C@H](O)[C@H]4O)c3C[C@@H]2O)ccc1O. The van der Waals surface area contributed by atoms with E-state index in [9.17, 15) is 35.7 Å². The zero-order chi connectivity index (χ0) is 24.7. The second kappa shape index (κ2) is 9.45. The highest BCUT2D eigenvalue weighted by Gasteiger charge is 2.45. The van der Waals surface area contributed by atoms with Gasteiger partial charge in [0.2, 0.25) is 6.29 Å². The quantitative estimate of drug-likeness (QED) is 0.297. The molecule has 186 valence electrons. The van der Waals surface area contributed by atoms with E-state index in [1.165, 1.54) is 25.3 Å². The summed E-state index contributed by atoms with van der Waals surface area (Å²) in [6, 6.07) is 5.91. The molecule has 0 saturated carbocycles. The molecule has 2 heterocycles. The highest BCUT2D eigenvalue weighted by atomic mass is 16.7. The van der Waals surface area contributed by atoms with Crippen LogP contribution in [0.15, 0.2) is 24.3 Å². The number of hydrogen-bond acceptors (Lipinski definition) is 11. The van der Waals surface area contributed by atoms with E-state index in [1.807, 2.05) is 0 Å². The molecule has 0 spiro atoms. The van der Waals surface area contributed by atoms with Crippen LogP contribution in [0.2, 0.25) is 0 Å². The number of phenolic OH excluding ortho intramolecular Hbond substituents is 2. The van der Waals surface area contributed by atoms with Crippen molar-refractivity contribution in [1.29, 1.82) is 0 Å². The molecule has 0 unspecified atom stereocenters. The second-order valence-corrected chi connectivity index (χ2v) is 8.38. The number of fused-ring (bicyclic) bond motifs is 1. The van der Waals surface area contributed by atoms with Crippen LogP contribution in [0.25, 0.3) is 0 Å². The predicted molar refractivity (Wildman–Crippen MR) is 115 cm³/mol. The lowest BCUT2D eigenvalue weighted by Crippen LogP contribution is -2.60. The number of rotatable bonds is 5. The molecule has 2 aliphatic rings. The van der Waals surface area contributed by atoms with Crippen LogP contribution < -0.4 is 14.2 Å². The van der Waals surface area contributed by atoms with E-state index in [1.54, 1.807) is 13.0 Å². The van der Waals surface area contributed by atoms with Gasteiger partial charge >= 0.3 is 0 Å². The Balaban J connectivity index is 1.67. The first kappa shape index (κ1) is 24.3. The molecule has 0 aliphatic carbocycles. The summed E-state index contributed by atoms with van der Waals surface area (Å²) in [6.07, 6.45) is -9.35. The van der Waals surface area contributed by atoms with Gasteiger partial charge in [0.25, 0.3) is 0 Å². The van der Waals surface area contributed by atoms with Gasteiger partial charge in [0.05, 0.1) is 19.8 Å². The Labute approximate surface area is 195 Å². The lowest BCUT2D eigenvalue weighted by molar-refractivity contribution is -0.277. The fraction of sp³-hybridized carbons (Fsp3) is 0.478. The predicted octanol–water partition coefficient (Wildman–Crippen LogP) is -0.369. The summed E-state index contributed by atoms with van der Waals surface area (Å²) in [5, 5.41) is 71.0. The topological polar surface area (TPSA) is 179 Å². The van der Waals surface area contributed by atoms with E-state index in [0.717, 1.165) is 0 Å². The fourth-order valence-corrected chi connectivity index (χ4v) is 4.21. The third-order valence-electron chi connectivity index (χ3n) is 6.20. The van der Waals surface area contributed by atoms with Crippen LogP contribution in [0.5, 0.6) is 28.7 Å². The molecule has 7 N–H and O–H groups in total. The highest BCUT2D eigenvalue weighted by Crippen LogP contribution is 2.46. The maximum absolute atomic E-state index is 10.9. The van der Waals surface area contributed by atoms with E-state index in [4.69, 9.17) is 18.9 Å². The van der Waals surface area contributed by atoms with Crippen LogP contribution in [0.1, 0.15) is 22.8 Å². The van der Waals surface area contributed by atoms with E-state index in [-0.39, 0.29) is 40.7 Å². The zero-order valence-corrected chi connectivity index (χ0v) is 18.5. The third kappa shape index (κ3) is 4.22. The van der Waals surface area contributed by atoms with Crippen LogP contribution in [0.3, 0.4) is 0 Å². The number of benzene rings is 2. The minimum atomic E-state index is -1.65. The first-order chi connectivity index (χ1) is 16.2. The van der Waals surface area contributed by atoms with Gasteiger partial charge in [-0.15, -0.1) is 0 Å². The van der Waals surface area contributed by atoms with E-state index in [2.05, 4.69) is 0 Å². The molecule has 7 atom stereocenters. The van der Waals surface area contributed by atoms with Crippen molar-refractivity contribution in [2.75, 3.05) is 13.7 Å². The van der Waals surface area contributed by atoms with Gasteiger partial charge in [0.15, 0.2) is 11.5 Å². The summed E-state index contributed by atoms with van der Waals surface area (Å²) in [4.78, 5) is 0. The van der Waals surface area contributed by atoms with Crippen LogP contribution in [0.4, 0.5) is 0 Å². The average Bonchev–Trinajstić information content (AvgIpc) is 2.82. The molecule has 11 heteroatoms. The standard InChI is InChI=1S/C23H28O11/c1-9-13(26)7-15-11(21(9)34-23-20(30)19(29)18(28)17(8-24)33-23)6-14(27)22(32-15)10-3-4-12(25)16(5-10)31-2/h3-5,7,14,17-20,22-30H,6,8H2,1-2H3/t14-,17+,18+,19-,20+,22-,23-/m0/s1. The van der Waals surface area contributed by atoms with Gasteiger partial charge < -0.3 is 54.7 Å². The van der Waals surface area contributed by atoms with Gasteiger partial charge in [-0.1, -0.05) is 6.07 Å². The second-order valence-electron chi connectivity index (χ2n) is 8.38. The molecule has 0 radical (unpaired) electrons. The zero-order valence-electron chi connectivity index (χ0n) is 18.5. The van der Waals surface area contributed by atoms with Crippen molar-refractivity contribution in [1.82, 2.24) is 0 Å². The smallest absolute Gasteiger partial charge is 0.229 e. The molecular formula is C23H28O11. The Morgan fingerprint density at radius 2 is 1.74 bits per heavy atom. The van der Waals surface area contributed by atoms with E-state index in [0.29, 0.717) is 11.1 Å². The van der Waals surface area contributed by atoms with Crippen molar-refractivity contribution in [2.45, 2.75) is 56.3 Å². The summed E-state index contributed by atoms with van der Waals surface area (Å²) in [5.41, 5.74) is 1.20. The number of aliphatic hydroxyl groups is 5. The Hall–Kier alpha value is -2.80. The maximum Gasteiger partial charge on any atom is 0.229 e. The molecule has 11 nitrogen and oxygen atoms in total. The number of aromatic hydroxyl groups is 2. The number of methoxy groups -OCH3 is 1. The third-order valence-corrected chi connectivity index (χ3v) is 6.20. The van der Waals surface area contributed by atoms with Gasteiger partial charge in [-0.05, 0) is 24.6 Å². The lowest BCUT2D eigenvalue weighted by Gasteiger charge is -2.40. The summed E-state index contributed by atoms with van der Waals surface area (Å²) < 4.78 is 22.3. The first-order valence-electron chi connectivity index (χ1n) is 10.7. The van der Waals surface area contributed by atoms with E-state index < -0.39 is 49.5 Å². The largest absolute Gasteiger partial charge is 0.507 e. The van der Waals surface area contributed by atoms with Crippen molar-refractivity contribution in [3.05, 3.63) is 41.0 Å². The molecule has 34 heavy (non-hydrogen) atoms. The highest BCUT2D eigenvalue weighted by molar-refractivity contribution is 5.58. The van der Waals surface area contributed by atoms with Gasteiger partial charge in [-0.3, -0.25) is 0 Å². The summed E-state index contributed by atoms with van der Waals surface area (Å²) in [5.74, 6) is 0.236. The molecule has 0 aromatic heterocycles. The molecule has 2 aromatic carbocycles. The number of hydrogen-bond donors (Lipinski definition) is 7. The average molecular weight is 480 g/mol. The van der Waals surface area contributed by atoms with Crippen molar-refractivity contribution >= 4 is 0 Å². The Bertz CT molecular complexity index is 1040. The van der Waals surface area contributed by atoms with Gasteiger partial charge in [-0.25, -0.2) is 0 Å². The minimum absolute atomic E-state index is 0.0388. The van der Waals surface area contributed by atoms with Crippen LogP contribution in [-0.2, 0) is 11.2 Å². The molecule has 2 aliphatic heterocycles. The van der Waals surface area contributed by atoms with Crippen LogP contribution in [-0.4, -0.2) is 86.3 Å². The van der Waals surface area contributed by atoms with Gasteiger partial charge in [-0.2, -0.15) is 0 Å². The molecule has 0 bridgehead atoms. The lowest BCUT2D eigenvalue weighted by atomic mass is 9.92. The number of aliphatic hydroxyl groups excluding tert-OH is 5. The maximum atomic E-state index is 10.9. The van der Waals surface area contributed by atoms with Crippen molar-refractivity contribution in [3.63, 3.8) is 0 Å². The minimum Gasteiger partial charge on any atom is -0.507 e. The number of ether oxygens (including phenoxy) is 4. The summed E-state index contributed by atoms with van der Waals surface area (Å²) in [6.45, 7) is 0.930. The molecule has 0 amide bonds. The molecular weight excluding hydrogens is 452 g/mol. The molecule has 4 rings (SSSR count). The van der Waals surface area contributed by atoms with Crippen LogP contribution >= 0.6 is 0 Å². The Morgan fingerprint density at radius 1 is 1.00 bits per heavy atom. The molecule has 1 saturated heterocycles. The summed E-state index contributed by atoms with van der Waals surface area (Å²) >= 11 is 0. The monoisotopic (exact) mass is 480 g/mol.